The van der Waals surface area contributed by atoms with E-state index in [0.29, 0.717) is 12.1 Å². The molecule has 2 aromatic heterocycles. The SMILES string of the molecule is CNc1ccc(C(=O)NCc2cnccc2C)cn1. The maximum Gasteiger partial charge on any atom is 0.253 e. The molecule has 2 aromatic rings. The van der Waals surface area contributed by atoms with Crippen LogP contribution in [0.15, 0.2) is 36.8 Å². The van der Waals surface area contributed by atoms with Gasteiger partial charge in [0, 0.05) is 32.2 Å². The van der Waals surface area contributed by atoms with Gasteiger partial charge in [0.1, 0.15) is 5.82 Å². The zero-order valence-electron chi connectivity index (χ0n) is 11.0. The molecule has 0 aliphatic rings. The predicted octanol–water partition coefficient (Wildman–Crippen LogP) is 1.76. The van der Waals surface area contributed by atoms with Crippen molar-refractivity contribution in [2.24, 2.45) is 0 Å². The summed E-state index contributed by atoms with van der Waals surface area (Å²) in [7, 11) is 1.78. The van der Waals surface area contributed by atoms with E-state index in [1.807, 2.05) is 13.0 Å². The minimum atomic E-state index is -0.140. The Morgan fingerprint density at radius 1 is 1.26 bits per heavy atom. The lowest BCUT2D eigenvalue weighted by atomic mass is 10.1. The predicted molar refractivity (Wildman–Crippen MR) is 73.9 cm³/mol. The van der Waals surface area contributed by atoms with Crippen LogP contribution in [0.4, 0.5) is 5.82 Å². The standard InChI is InChI=1S/C14H16N4O/c1-10-5-6-16-7-12(10)9-18-14(19)11-3-4-13(15-2)17-8-11/h3-8H,9H2,1-2H3,(H,15,17)(H,18,19). The van der Waals surface area contributed by atoms with Gasteiger partial charge in [-0.1, -0.05) is 0 Å². The van der Waals surface area contributed by atoms with Crippen molar-refractivity contribution in [3.05, 3.63) is 53.5 Å². The zero-order valence-corrected chi connectivity index (χ0v) is 11.0. The highest BCUT2D eigenvalue weighted by atomic mass is 16.1. The molecule has 0 saturated carbocycles. The highest BCUT2D eigenvalue weighted by molar-refractivity contribution is 5.94. The topological polar surface area (TPSA) is 66.9 Å². The Bertz CT molecular complexity index is 566. The Labute approximate surface area is 112 Å². The molecule has 2 heterocycles. The number of carbonyl (C=O) groups excluding carboxylic acids is 1. The smallest absolute Gasteiger partial charge is 0.253 e. The van der Waals surface area contributed by atoms with Crippen molar-refractivity contribution in [2.45, 2.75) is 13.5 Å². The molecule has 0 unspecified atom stereocenters. The fourth-order valence-electron chi connectivity index (χ4n) is 1.64. The van der Waals surface area contributed by atoms with E-state index in [1.165, 1.54) is 0 Å². The third kappa shape index (κ3) is 3.28. The van der Waals surface area contributed by atoms with E-state index in [9.17, 15) is 4.79 Å². The fraction of sp³-hybridized carbons (Fsp3) is 0.214. The van der Waals surface area contributed by atoms with Gasteiger partial charge < -0.3 is 10.6 Å². The third-order valence-corrected chi connectivity index (χ3v) is 2.87. The number of carbonyl (C=O) groups is 1. The number of pyridine rings is 2. The van der Waals surface area contributed by atoms with Crippen molar-refractivity contribution in [1.82, 2.24) is 15.3 Å². The molecule has 5 heteroatoms. The highest BCUT2D eigenvalue weighted by Crippen LogP contribution is 2.06. The molecule has 2 rings (SSSR count). The van der Waals surface area contributed by atoms with Crippen LogP contribution in [-0.4, -0.2) is 22.9 Å². The summed E-state index contributed by atoms with van der Waals surface area (Å²) in [4.78, 5) is 20.1. The first kappa shape index (κ1) is 13.0. The molecule has 0 fully saturated rings. The van der Waals surface area contributed by atoms with E-state index in [-0.39, 0.29) is 5.91 Å². The van der Waals surface area contributed by atoms with Crippen LogP contribution in [0.1, 0.15) is 21.5 Å². The minimum absolute atomic E-state index is 0.140. The minimum Gasteiger partial charge on any atom is -0.373 e. The molecule has 0 aliphatic carbocycles. The van der Waals surface area contributed by atoms with Crippen LogP contribution >= 0.6 is 0 Å². The Morgan fingerprint density at radius 2 is 2.11 bits per heavy atom. The van der Waals surface area contributed by atoms with E-state index in [2.05, 4.69) is 20.6 Å². The fourth-order valence-corrected chi connectivity index (χ4v) is 1.64. The largest absolute Gasteiger partial charge is 0.373 e. The third-order valence-electron chi connectivity index (χ3n) is 2.87. The van der Waals surface area contributed by atoms with Gasteiger partial charge in [0.15, 0.2) is 0 Å². The van der Waals surface area contributed by atoms with E-state index < -0.39 is 0 Å². The van der Waals surface area contributed by atoms with Crippen molar-refractivity contribution in [3.8, 4) is 0 Å². The van der Waals surface area contributed by atoms with E-state index in [0.717, 1.165) is 16.9 Å². The van der Waals surface area contributed by atoms with Gasteiger partial charge in [0.25, 0.3) is 5.91 Å². The number of rotatable bonds is 4. The first-order chi connectivity index (χ1) is 9.20. The molecule has 0 radical (unpaired) electrons. The average Bonchev–Trinajstić information content (AvgIpc) is 2.46. The molecule has 0 aliphatic heterocycles. The summed E-state index contributed by atoms with van der Waals surface area (Å²) in [6.07, 6.45) is 5.05. The second-order valence-corrected chi connectivity index (χ2v) is 4.17. The number of nitrogens with one attached hydrogen (secondary N) is 2. The van der Waals surface area contributed by atoms with Gasteiger partial charge in [-0.25, -0.2) is 4.98 Å². The molecule has 0 aromatic carbocycles. The molecule has 0 bridgehead atoms. The van der Waals surface area contributed by atoms with Gasteiger partial charge in [0.05, 0.1) is 5.56 Å². The summed E-state index contributed by atoms with van der Waals surface area (Å²) >= 11 is 0. The van der Waals surface area contributed by atoms with Crippen LogP contribution < -0.4 is 10.6 Å². The molecular weight excluding hydrogens is 240 g/mol. The molecule has 1 amide bonds. The van der Waals surface area contributed by atoms with Crippen LogP contribution in [0.2, 0.25) is 0 Å². The van der Waals surface area contributed by atoms with Crippen molar-refractivity contribution in [1.29, 1.82) is 0 Å². The first-order valence-electron chi connectivity index (χ1n) is 6.02. The van der Waals surface area contributed by atoms with Gasteiger partial charge in [-0.2, -0.15) is 0 Å². The number of aryl methyl sites for hydroxylation is 1. The van der Waals surface area contributed by atoms with Crippen LogP contribution in [-0.2, 0) is 6.54 Å². The van der Waals surface area contributed by atoms with E-state index >= 15 is 0 Å². The number of amides is 1. The van der Waals surface area contributed by atoms with Gasteiger partial charge >= 0.3 is 0 Å². The molecule has 5 nitrogen and oxygen atoms in total. The van der Waals surface area contributed by atoms with Crippen molar-refractivity contribution in [3.63, 3.8) is 0 Å². The van der Waals surface area contributed by atoms with Crippen LogP contribution in [0, 0.1) is 6.92 Å². The summed E-state index contributed by atoms with van der Waals surface area (Å²) in [6.45, 7) is 2.46. The quantitative estimate of drug-likeness (QED) is 0.874. The van der Waals surface area contributed by atoms with Gasteiger partial charge in [-0.15, -0.1) is 0 Å². The second-order valence-electron chi connectivity index (χ2n) is 4.17. The Hall–Kier alpha value is -2.43. The molecule has 19 heavy (non-hydrogen) atoms. The van der Waals surface area contributed by atoms with E-state index in [1.54, 1.807) is 37.8 Å². The number of hydrogen-bond acceptors (Lipinski definition) is 4. The number of hydrogen-bond donors (Lipinski definition) is 2. The van der Waals surface area contributed by atoms with Crippen LogP contribution in [0.5, 0.6) is 0 Å². The number of anilines is 1. The van der Waals surface area contributed by atoms with Crippen LogP contribution in [0.3, 0.4) is 0 Å². The number of nitrogens with zero attached hydrogens (tertiary/aromatic N) is 2. The summed E-state index contributed by atoms with van der Waals surface area (Å²) in [5.74, 6) is 0.595. The summed E-state index contributed by atoms with van der Waals surface area (Å²) < 4.78 is 0. The molecule has 0 spiro atoms. The Morgan fingerprint density at radius 3 is 2.74 bits per heavy atom. The summed E-state index contributed by atoms with van der Waals surface area (Å²) in [6, 6.07) is 5.43. The van der Waals surface area contributed by atoms with Crippen molar-refractivity contribution >= 4 is 11.7 Å². The van der Waals surface area contributed by atoms with Crippen molar-refractivity contribution < 1.29 is 4.79 Å². The normalized spacial score (nSPS) is 10.0. The van der Waals surface area contributed by atoms with Gasteiger partial charge in [-0.3, -0.25) is 9.78 Å². The highest BCUT2D eigenvalue weighted by Gasteiger charge is 2.06. The lowest BCUT2D eigenvalue weighted by Gasteiger charge is -2.07. The van der Waals surface area contributed by atoms with E-state index in [4.69, 9.17) is 0 Å². The van der Waals surface area contributed by atoms with Gasteiger partial charge in [0.2, 0.25) is 0 Å². The second kappa shape index (κ2) is 5.95. The molecule has 98 valence electrons. The maximum atomic E-state index is 11.9. The summed E-state index contributed by atoms with van der Waals surface area (Å²) in [5.41, 5.74) is 2.66. The number of aromatic nitrogens is 2. The Balaban J connectivity index is 1.99. The zero-order chi connectivity index (χ0) is 13.7. The monoisotopic (exact) mass is 256 g/mol. The van der Waals surface area contributed by atoms with Gasteiger partial charge in [-0.05, 0) is 36.2 Å². The molecule has 0 saturated heterocycles. The van der Waals surface area contributed by atoms with Crippen LogP contribution in [0.25, 0.3) is 0 Å². The molecular formula is C14H16N4O. The van der Waals surface area contributed by atoms with Crippen molar-refractivity contribution in [2.75, 3.05) is 12.4 Å². The lowest BCUT2D eigenvalue weighted by Crippen LogP contribution is -2.23. The molecule has 2 N–H and O–H groups in total. The summed E-state index contributed by atoms with van der Waals surface area (Å²) in [5, 5.41) is 5.76. The first-order valence-corrected chi connectivity index (χ1v) is 6.02. The average molecular weight is 256 g/mol. The lowest BCUT2D eigenvalue weighted by molar-refractivity contribution is 0.0950. The maximum absolute atomic E-state index is 11.9. The Kier molecular flexibility index (Phi) is 4.07. The molecule has 0 atom stereocenters.